The largest absolute Gasteiger partial charge is 0.444 e. The fraction of sp³-hybridized carbons (Fsp3) is 0.938. The summed E-state index contributed by atoms with van der Waals surface area (Å²) in [5, 5.41) is 3.19. The Bertz CT molecular complexity index is 381. The van der Waals surface area contributed by atoms with Crippen LogP contribution in [-0.2, 0) is 4.74 Å². The van der Waals surface area contributed by atoms with Crippen molar-refractivity contribution in [1.82, 2.24) is 10.2 Å². The van der Waals surface area contributed by atoms with Gasteiger partial charge >= 0.3 is 12.3 Å². The first-order chi connectivity index (χ1) is 10.5. The second-order valence-corrected chi connectivity index (χ2v) is 7.31. The van der Waals surface area contributed by atoms with Gasteiger partial charge in [-0.2, -0.15) is 13.2 Å². The first-order valence-electron chi connectivity index (χ1n) is 8.23. The highest BCUT2D eigenvalue weighted by molar-refractivity contribution is 5.67. The highest BCUT2D eigenvalue weighted by Gasteiger charge is 2.41. The molecule has 0 radical (unpaired) electrons. The molecule has 1 saturated carbocycles. The van der Waals surface area contributed by atoms with Gasteiger partial charge in [0.05, 0.1) is 5.92 Å². The predicted molar refractivity (Wildman–Crippen MR) is 83.3 cm³/mol. The zero-order chi connectivity index (χ0) is 17.7. The van der Waals surface area contributed by atoms with Crippen LogP contribution < -0.4 is 5.32 Å². The summed E-state index contributed by atoms with van der Waals surface area (Å²) in [6, 6.07) is -0.0813. The van der Waals surface area contributed by atoms with E-state index in [0.29, 0.717) is 25.9 Å². The molecule has 0 aromatic rings. The van der Waals surface area contributed by atoms with E-state index < -0.39 is 17.7 Å². The van der Waals surface area contributed by atoms with Crippen LogP contribution in [0.1, 0.15) is 52.9 Å². The van der Waals surface area contributed by atoms with Gasteiger partial charge in [-0.3, -0.25) is 0 Å². The van der Waals surface area contributed by atoms with Crippen LogP contribution >= 0.6 is 0 Å². The second-order valence-electron chi connectivity index (χ2n) is 7.31. The molecule has 0 aliphatic heterocycles. The van der Waals surface area contributed by atoms with Crippen molar-refractivity contribution in [3.63, 3.8) is 0 Å². The minimum absolute atomic E-state index is 0.0813. The molecule has 1 fully saturated rings. The topological polar surface area (TPSA) is 41.6 Å². The minimum Gasteiger partial charge on any atom is -0.444 e. The van der Waals surface area contributed by atoms with Gasteiger partial charge in [0.15, 0.2) is 0 Å². The molecule has 0 saturated heterocycles. The summed E-state index contributed by atoms with van der Waals surface area (Å²) >= 11 is 0. The minimum atomic E-state index is -4.09. The average molecular weight is 338 g/mol. The van der Waals surface area contributed by atoms with Crippen molar-refractivity contribution in [3.8, 4) is 0 Å². The van der Waals surface area contributed by atoms with Crippen LogP contribution in [0.15, 0.2) is 0 Å². The van der Waals surface area contributed by atoms with Crippen molar-refractivity contribution in [3.05, 3.63) is 0 Å². The Labute approximate surface area is 136 Å². The third kappa shape index (κ3) is 7.90. The summed E-state index contributed by atoms with van der Waals surface area (Å²) in [6.45, 7) is 6.53. The number of alkyl halides is 3. The maximum Gasteiger partial charge on any atom is 0.410 e. The smallest absolute Gasteiger partial charge is 0.410 e. The van der Waals surface area contributed by atoms with Crippen molar-refractivity contribution < 1.29 is 22.7 Å². The van der Waals surface area contributed by atoms with Crippen LogP contribution in [-0.4, -0.2) is 48.9 Å². The Morgan fingerprint density at radius 3 is 2.48 bits per heavy atom. The molecule has 0 bridgehead atoms. The van der Waals surface area contributed by atoms with Gasteiger partial charge in [0, 0.05) is 19.6 Å². The molecule has 0 aromatic carbocycles. The number of nitrogens with one attached hydrogen (secondary N) is 1. The van der Waals surface area contributed by atoms with Crippen molar-refractivity contribution in [1.29, 1.82) is 0 Å². The number of nitrogens with zero attached hydrogens (tertiary/aromatic N) is 1. The first-order valence-corrected chi connectivity index (χ1v) is 8.23. The van der Waals surface area contributed by atoms with E-state index in [1.807, 2.05) is 0 Å². The summed E-state index contributed by atoms with van der Waals surface area (Å²) in [5.41, 5.74) is -0.529. The molecule has 1 amide bonds. The number of carbonyl (C=O) groups excluding carboxylic acids is 1. The summed E-state index contributed by atoms with van der Waals surface area (Å²) in [4.78, 5) is 13.3. The van der Waals surface area contributed by atoms with Gasteiger partial charge < -0.3 is 15.0 Å². The quantitative estimate of drug-likeness (QED) is 0.772. The van der Waals surface area contributed by atoms with E-state index >= 15 is 0 Å². The molecular formula is C16H29F3N2O2. The highest BCUT2D eigenvalue weighted by Crippen LogP contribution is 2.37. The number of ether oxygens (including phenoxy) is 1. The number of amides is 1. The molecule has 2 atom stereocenters. The Kier molecular flexibility index (Phi) is 7.17. The lowest BCUT2D eigenvalue weighted by molar-refractivity contribution is -0.183. The number of hydrogen-bond acceptors (Lipinski definition) is 3. The Morgan fingerprint density at radius 2 is 1.91 bits per heavy atom. The monoisotopic (exact) mass is 338 g/mol. The van der Waals surface area contributed by atoms with Crippen LogP contribution in [0, 0.1) is 5.92 Å². The molecule has 0 spiro atoms. The van der Waals surface area contributed by atoms with E-state index in [0.717, 1.165) is 6.42 Å². The highest BCUT2D eigenvalue weighted by atomic mass is 19.4. The molecule has 23 heavy (non-hydrogen) atoms. The molecule has 1 N–H and O–H groups in total. The molecular weight excluding hydrogens is 309 g/mol. The molecule has 136 valence electrons. The molecule has 0 aromatic heterocycles. The third-order valence-corrected chi connectivity index (χ3v) is 3.95. The van der Waals surface area contributed by atoms with Crippen LogP contribution in [0.5, 0.6) is 0 Å². The van der Waals surface area contributed by atoms with Gasteiger partial charge in [-0.25, -0.2) is 4.79 Å². The van der Waals surface area contributed by atoms with E-state index in [4.69, 9.17) is 4.74 Å². The van der Waals surface area contributed by atoms with Crippen molar-refractivity contribution in [2.75, 3.05) is 20.1 Å². The molecule has 1 aliphatic carbocycles. The SMILES string of the molecule is CN(CCCNC1CCCC(C(F)(F)F)C1)C(=O)OC(C)(C)C. The van der Waals surface area contributed by atoms with Crippen LogP contribution in [0.4, 0.5) is 18.0 Å². The summed E-state index contributed by atoms with van der Waals surface area (Å²) in [6.07, 6.45) is -1.99. The van der Waals surface area contributed by atoms with Gasteiger partial charge in [0.25, 0.3) is 0 Å². The first kappa shape index (κ1) is 20.1. The average Bonchev–Trinajstić information content (AvgIpc) is 2.41. The Balaban J connectivity index is 2.23. The van der Waals surface area contributed by atoms with Crippen molar-refractivity contribution in [2.24, 2.45) is 5.92 Å². The molecule has 1 rings (SSSR count). The Morgan fingerprint density at radius 1 is 1.26 bits per heavy atom. The van der Waals surface area contributed by atoms with Gasteiger partial charge in [0.1, 0.15) is 5.60 Å². The summed E-state index contributed by atoms with van der Waals surface area (Å²) < 4.78 is 43.5. The van der Waals surface area contributed by atoms with Crippen molar-refractivity contribution in [2.45, 2.75) is 70.7 Å². The van der Waals surface area contributed by atoms with E-state index in [1.165, 1.54) is 4.90 Å². The van der Waals surface area contributed by atoms with Gasteiger partial charge in [0.2, 0.25) is 0 Å². The fourth-order valence-electron chi connectivity index (χ4n) is 2.73. The Hall–Kier alpha value is -0.980. The number of rotatable bonds is 5. The summed E-state index contributed by atoms with van der Waals surface area (Å²) in [5.74, 6) is -1.18. The maximum atomic E-state index is 12.7. The van der Waals surface area contributed by atoms with Gasteiger partial charge in [-0.1, -0.05) is 6.42 Å². The van der Waals surface area contributed by atoms with E-state index in [-0.39, 0.29) is 25.0 Å². The maximum absolute atomic E-state index is 12.7. The lowest BCUT2D eigenvalue weighted by atomic mass is 9.85. The van der Waals surface area contributed by atoms with Crippen LogP contribution in [0.25, 0.3) is 0 Å². The van der Waals surface area contributed by atoms with E-state index in [2.05, 4.69) is 5.32 Å². The standard InChI is InChI=1S/C16H29F3N2O2/c1-15(2,3)23-14(22)21(4)10-6-9-20-13-8-5-7-12(11-13)16(17,18)19/h12-13,20H,5-11H2,1-4H3. The molecule has 0 heterocycles. The molecule has 2 unspecified atom stereocenters. The number of halogens is 3. The summed E-state index contributed by atoms with van der Waals surface area (Å²) in [7, 11) is 1.66. The van der Waals surface area contributed by atoms with Gasteiger partial charge in [-0.05, 0) is 53.0 Å². The lowest BCUT2D eigenvalue weighted by Crippen LogP contribution is -2.40. The lowest BCUT2D eigenvalue weighted by Gasteiger charge is -2.31. The second kappa shape index (κ2) is 8.22. The van der Waals surface area contributed by atoms with Gasteiger partial charge in [-0.15, -0.1) is 0 Å². The zero-order valence-electron chi connectivity index (χ0n) is 14.5. The molecule has 4 nitrogen and oxygen atoms in total. The van der Waals surface area contributed by atoms with Crippen LogP contribution in [0.3, 0.4) is 0 Å². The molecule has 1 aliphatic rings. The van der Waals surface area contributed by atoms with E-state index in [9.17, 15) is 18.0 Å². The van der Waals surface area contributed by atoms with E-state index in [1.54, 1.807) is 27.8 Å². The zero-order valence-corrected chi connectivity index (χ0v) is 14.5. The predicted octanol–water partition coefficient (Wildman–Crippen LogP) is 3.95. The molecule has 7 heteroatoms. The van der Waals surface area contributed by atoms with Crippen LogP contribution in [0.2, 0.25) is 0 Å². The normalized spacial score (nSPS) is 22.7. The number of hydrogen-bond donors (Lipinski definition) is 1. The van der Waals surface area contributed by atoms with Crippen molar-refractivity contribution >= 4 is 6.09 Å². The fourth-order valence-corrected chi connectivity index (χ4v) is 2.73. The number of carbonyl (C=O) groups is 1. The third-order valence-electron chi connectivity index (χ3n) is 3.95.